The molecule has 1 aromatic carbocycles. The molecule has 0 saturated carbocycles. The van der Waals surface area contributed by atoms with Gasteiger partial charge in [0.15, 0.2) is 0 Å². The third-order valence-electron chi connectivity index (χ3n) is 3.52. The molecule has 1 amide bonds. The van der Waals surface area contributed by atoms with Gasteiger partial charge in [0.25, 0.3) is 15.9 Å². The second kappa shape index (κ2) is 7.74. The van der Waals surface area contributed by atoms with Crippen LogP contribution in [0.5, 0.6) is 0 Å². The Morgan fingerprint density at radius 1 is 1.26 bits per heavy atom. The summed E-state index contributed by atoms with van der Waals surface area (Å²) in [5.41, 5.74) is 0.813. The molecular weight excluding hydrogens is 456 g/mol. The first-order valence-corrected chi connectivity index (χ1v) is 10.8. The van der Waals surface area contributed by atoms with Crippen LogP contribution in [0.1, 0.15) is 22.4 Å². The van der Waals surface area contributed by atoms with Gasteiger partial charge in [-0.2, -0.15) is 5.10 Å². The molecule has 2 heterocycles. The lowest BCUT2D eigenvalue weighted by Gasteiger charge is -2.08. The van der Waals surface area contributed by atoms with E-state index in [4.69, 9.17) is 0 Å². The highest BCUT2D eigenvalue weighted by Crippen LogP contribution is 2.22. The van der Waals surface area contributed by atoms with E-state index in [2.05, 4.69) is 41.3 Å². The predicted octanol–water partition coefficient (Wildman–Crippen LogP) is 2.65. The van der Waals surface area contributed by atoms with Crippen LogP contribution in [-0.4, -0.2) is 34.3 Å². The van der Waals surface area contributed by atoms with Crippen LogP contribution in [0.15, 0.2) is 39.8 Å². The molecule has 0 atom stereocenters. The number of nitrogens with zero attached hydrogens (tertiary/aromatic N) is 4. The first-order valence-electron chi connectivity index (χ1n) is 7.74. The SMILES string of the molecule is CCc1nnc(NS(=O)(=O)c2ccc(NC(=O)c3c(Br)cnn3C)cc2)s1. The third-order valence-corrected chi connectivity index (χ3v) is 6.57. The molecule has 0 aliphatic heterocycles. The summed E-state index contributed by atoms with van der Waals surface area (Å²) in [7, 11) is -2.14. The third kappa shape index (κ3) is 4.34. The Morgan fingerprint density at radius 3 is 2.52 bits per heavy atom. The van der Waals surface area contributed by atoms with Gasteiger partial charge >= 0.3 is 0 Å². The number of hydrogen-bond donors (Lipinski definition) is 2. The topological polar surface area (TPSA) is 119 Å². The molecule has 12 heteroatoms. The smallest absolute Gasteiger partial charge is 0.275 e. The minimum absolute atomic E-state index is 0.0514. The van der Waals surface area contributed by atoms with E-state index < -0.39 is 10.0 Å². The first kappa shape index (κ1) is 19.5. The van der Waals surface area contributed by atoms with Gasteiger partial charge < -0.3 is 5.32 Å². The minimum atomic E-state index is -3.79. The van der Waals surface area contributed by atoms with E-state index in [1.54, 1.807) is 7.05 Å². The molecule has 0 aliphatic rings. The quantitative estimate of drug-likeness (QED) is 0.571. The maximum absolute atomic E-state index is 12.4. The Kier molecular flexibility index (Phi) is 5.58. The van der Waals surface area contributed by atoms with Crippen LogP contribution in [0.3, 0.4) is 0 Å². The molecule has 0 bridgehead atoms. The monoisotopic (exact) mass is 470 g/mol. The number of nitrogens with one attached hydrogen (secondary N) is 2. The van der Waals surface area contributed by atoms with Gasteiger partial charge in [-0.15, -0.1) is 10.2 Å². The van der Waals surface area contributed by atoms with Crippen molar-refractivity contribution in [3.63, 3.8) is 0 Å². The summed E-state index contributed by atoms with van der Waals surface area (Å²) in [5, 5.41) is 15.3. The van der Waals surface area contributed by atoms with Crippen molar-refractivity contribution in [3.05, 3.63) is 45.6 Å². The van der Waals surface area contributed by atoms with E-state index >= 15 is 0 Å². The van der Waals surface area contributed by atoms with Crippen molar-refractivity contribution in [3.8, 4) is 0 Å². The number of aryl methyl sites for hydroxylation is 2. The number of amides is 1. The Bertz CT molecular complexity index is 1060. The van der Waals surface area contributed by atoms with E-state index in [0.717, 1.165) is 5.01 Å². The predicted molar refractivity (Wildman–Crippen MR) is 105 cm³/mol. The Hall–Kier alpha value is -2.31. The second-order valence-electron chi connectivity index (χ2n) is 5.40. The van der Waals surface area contributed by atoms with Crippen molar-refractivity contribution in [2.45, 2.75) is 18.2 Å². The van der Waals surface area contributed by atoms with Crippen LogP contribution in [-0.2, 0) is 23.5 Å². The molecule has 0 saturated heterocycles. The normalized spacial score (nSPS) is 11.4. The zero-order chi connectivity index (χ0) is 19.6. The maximum atomic E-state index is 12.4. The van der Waals surface area contributed by atoms with Gasteiger partial charge in [0.2, 0.25) is 5.13 Å². The molecule has 9 nitrogen and oxygen atoms in total. The highest BCUT2D eigenvalue weighted by molar-refractivity contribution is 9.10. The van der Waals surface area contributed by atoms with Crippen molar-refractivity contribution in [2.75, 3.05) is 10.0 Å². The van der Waals surface area contributed by atoms with Gasteiger partial charge in [-0.25, -0.2) is 8.42 Å². The summed E-state index contributed by atoms with van der Waals surface area (Å²) in [5.74, 6) is -0.364. The fourth-order valence-corrected chi connectivity index (χ4v) is 4.62. The van der Waals surface area contributed by atoms with Crippen LogP contribution < -0.4 is 10.0 Å². The number of sulfonamides is 1. The lowest BCUT2D eigenvalue weighted by atomic mass is 10.3. The summed E-state index contributed by atoms with van der Waals surface area (Å²) in [6.45, 7) is 1.91. The fourth-order valence-electron chi connectivity index (χ4n) is 2.19. The highest BCUT2D eigenvalue weighted by Gasteiger charge is 2.18. The average molecular weight is 471 g/mol. The summed E-state index contributed by atoms with van der Waals surface area (Å²) in [4.78, 5) is 12.4. The van der Waals surface area contributed by atoms with Crippen molar-refractivity contribution in [2.24, 2.45) is 7.05 Å². The lowest BCUT2D eigenvalue weighted by molar-refractivity contribution is 0.101. The Labute approximate surface area is 168 Å². The Balaban J connectivity index is 1.73. The first-order chi connectivity index (χ1) is 12.8. The minimum Gasteiger partial charge on any atom is -0.321 e. The molecule has 2 aromatic heterocycles. The standard InChI is InChI=1S/C15H15BrN6O3S2/c1-3-12-19-20-15(26-12)21-27(24,25)10-6-4-9(5-7-10)18-14(23)13-11(16)8-17-22(13)2/h4-8H,3H2,1-2H3,(H,18,23)(H,20,21). The summed E-state index contributed by atoms with van der Waals surface area (Å²) in [6, 6.07) is 5.82. The molecule has 27 heavy (non-hydrogen) atoms. The number of rotatable bonds is 6. The number of benzene rings is 1. The molecule has 3 aromatic rings. The second-order valence-corrected chi connectivity index (χ2v) is 9.00. The van der Waals surface area contributed by atoms with Crippen LogP contribution in [0.2, 0.25) is 0 Å². The van der Waals surface area contributed by atoms with Gasteiger partial charge in [-0.3, -0.25) is 14.2 Å². The van der Waals surface area contributed by atoms with E-state index in [0.29, 0.717) is 22.3 Å². The molecule has 0 unspecified atom stereocenters. The van der Waals surface area contributed by atoms with Crippen LogP contribution in [0, 0.1) is 0 Å². The number of hydrogen-bond acceptors (Lipinski definition) is 7. The van der Waals surface area contributed by atoms with Crippen LogP contribution >= 0.6 is 27.3 Å². The van der Waals surface area contributed by atoms with E-state index in [1.165, 1.54) is 46.5 Å². The number of carbonyl (C=O) groups excluding carboxylic acids is 1. The van der Waals surface area contributed by atoms with Crippen LogP contribution in [0.25, 0.3) is 0 Å². The van der Waals surface area contributed by atoms with Gasteiger partial charge in [0.05, 0.1) is 15.6 Å². The summed E-state index contributed by atoms with van der Waals surface area (Å²) < 4.78 is 29.3. The molecule has 0 spiro atoms. The molecular formula is C15H15BrN6O3S2. The van der Waals surface area contributed by atoms with E-state index in [-0.39, 0.29) is 15.9 Å². The zero-order valence-electron chi connectivity index (χ0n) is 14.3. The average Bonchev–Trinajstić information content (AvgIpc) is 3.21. The van der Waals surface area contributed by atoms with Crippen molar-refractivity contribution in [1.82, 2.24) is 20.0 Å². The molecule has 2 N–H and O–H groups in total. The van der Waals surface area contributed by atoms with Crippen molar-refractivity contribution >= 4 is 54.0 Å². The molecule has 0 fully saturated rings. The van der Waals surface area contributed by atoms with E-state index in [1.807, 2.05) is 6.92 Å². The molecule has 142 valence electrons. The number of aromatic nitrogens is 4. The summed E-state index contributed by atoms with van der Waals surface area (Å²) >= 11 is 4.45. The van der Waals surface area contributed by atoms with Gasteiger partial charge in [0.1, 0.15) is 10.7 Å². The van der Waals surface area contributed by atoms with Gasteiger partial charge in [0, 0.05) is 12.7 Å². The number of halogens is 1. The van der Waals surface area contributed by atoms with Gasteiger partial charge in [-0.1, -0.05) is 18.3 Å². The maximum Gasteiger partial charge on any atom is 0.275 e. The van der Waals surface area contributed by atoms with Crippen molar-refractivity contribution in [1.29, 1.82) is 0 Å². The van der Waals surface area contributed by atoms with Crippen LogP contribution in [0.4, 0.5) is 10.8 Å². The van der Waals surface area contributed by atoms with Gasteiger partial charge in [-0.05, 0) is 46.6 Å². The van der Waals surface area contributed by atoms with E-state index in [9.17, 15) is 13.2 Å². The molecule has 0 aliphatic carbocycles. The zero-order valence-corrected chi connectivity index (χ0v) is 17.5. The number of anilines is 2. The van der Waals surface area contributed by atoms with Crippen molar-refractivity contribution < 1.29 is 13.2 Å². The highest BCUT2D eigenvalue weighted by atomic mass is 79.9. The number of carbonyl (C=O) groups is 1. The molecule has 3 rings (SSSR count). The Morgan fingerprint density at radius 2 is 1.96 bits per heavy atom. The fraction of sp³-hybridized carbons (Fsp3) is 0.200. The largest absolute Gasteiger partial charge is 0.321 e. The molecule has 0 radical (unpaired) electrons. The summed E-state index contributed by atoms with van der Waals surface area (Å²) in [6.07, 6.45) is 2.20. The lowest BCUT2D eigenvalue weighted by Crippen LogP contribution is -2.17.